The van der Waals surface area contributed by atoms with Gasteiger partial charge in [0.25, 0.3) is 11.8 Å². The van der Waals surface area contributed by atoms with E-state index in [0.717, 1.165) is 16.8 Å². The van der Waals surface area contributed by atoms with Crippen molar-refractivity contribution in [2.45, 2.75) is 19.6 Å². The fourth-order valence-electron chi connectivity index (χ4n) is 4.59. The molecule has 0 aliphatic carbocycles. The summed E-state index contributed by atoms with van der Waals surface area (Å²) < 4.78 is 28.7. The van der Waals surface area contributed by atoms with E-state index in [2.05, 4.69) is 4.98 Å². The number of benzene rings is 3. The second-order valence-corrected chi connectivity index (χ2v) is 10.1. The summed E-state index contributed by atoms with van der Waals surface area (Å²) in [4.78, 5) is 33.0. The molecule has 0 saturated heterocycles. The van der Waals surface area contributed by atoms with Gasteiger partial charge in [-0.1, -0.05) is 48.5 Å². The quantitative estimate of drug-likeness (QED) is 0.156. The fraction of sp³-hybridized carbons (Fsp3) is 0.108. The minimum Gasteiger partial charge on any atom is -0.497 e. The van der Waals surface area contributed by atoms with Crippen LogP contribution in [0.4, 0.5) is 10.1 Å². The third-order valence-corrected chi connectivity index (χ3v) is 6.93. The Morgan fingerprint density at radius 3 is 1.89 bits per heavy atom. The van der Waals surface area contributed by atoms with Gasteiger partial charge in [-0.05, 0) is 83.9 Å². The largest absolute Gasteiger partial charge is 0.497 e. The van der Waals surface area contributed by atoms with E-state index in [1.807, 2.05) is 48.5 Å². The highest BCUT2D eigenvalue weighted by Gasteiger charge is 2.21. The first-order valence-corrected chi connectivity index (χ1v) is 14.5. The number of amides is 2. The lowest BCUT2D eigenvalue weighted by Crippen LogP contribution is -2.30. The van der Waals surface area contributed by atoms with Crippen LogP contribution < -0.4 is 9.64 Å². The molecule has 3 heterocycles. The predicted molar refractivity (Wildman–Crippen MR) is 172 cm³/mol. The molecule has 0 spiro atoms. The molecule has 9 heteroatoms. The summed E-state index contributed by atoms with van der Waals surface area (Å²) in [7, 11) is 1.58. The maximum absolute atomic E-state index is 13.1. The van der Waals surface area contributed by atoms with E-state index in [0.29, 0.717) is 36.8 Å². The maximum Gasteiger partial charge on any atom is 0.294 e. The number of hydrogen-bond acceptors (Lipinski definition) is 6. The average Bonchev–Trinajstić information content (AvgIpc) is 3.85. The summed E-state index contributed by atoms with van der Waals surface area (Å²) in [6, 6.07) is 35.5. The molecule has 0 aliphatic heterocycles. The van der Waals surface area contributed by atoms with Gasteiger partial charge in [-0.3, -0.25) is 14.6 Å². The van der Waals surface area contributed by atoms with E-state index in [1.54, 1.807) is 83.8 Å². The fourth-order valence-corrected chi connectivity index (χ4v) is 4.59. The van der Waals surface area contributed by atoms with Gasteiger partial charge in [-0.25, -0.2) is 4.39 Å². The normalized spacial score (nSPS) is 10.4. The van der Waals surface area contributed by atoms with Crippen molar-refractivity contribution >= 4 is 17.5 Å². The second kappa shape index (κ2) is 15.7. The summed E-state index contributed by atoms with van der Waals surface area (Å²) in [5.74, 6) is 0.562. The van der Waals surface area contributed by atoms with Crippen LogP contribution in [-0.4, -0.2) is 28.8 Å². The van der Waals surface area contributed by atoms with E-state index in [1.165, 1.54) is 24.7 Å². The number of halogens is 1. The van der Waals surface area contributed by atoms with Crippen molar-refractivity contribution in [3.05, 3.63) is 174 Å². The van der Waals surface area contributed by atoms with Crippen molar-refractivity contribution in [2.24, 2.45) is 0 Å². The van der Waals surface area contributed by atoms with Crippen LogP contribution in [0.3, 0.4) is 0 Å². The number of nitrogens with zero attached hydrogens (tertiary/aromatic N) is 3. The van der Waals surface area contributed by atoms with Gasteiger partial charge in [-0.15, -0.1) is 0 Å². The van der Waals surface area contributed by atoms with Gasteiger partial charge in [0.1, 0.15) is 11.6 Å². The number of carbonyl (C=O) groups excluding carboxylic acids is 2. The zero-order chi connectivity index (χ0) is 32.1. The molecule has 0 fully saturated rings. The molecule has 0 unspecified atom stereocenters. The Balaban J connectivity index is 0.000000182. The number of hydrogen-bond donors (Lipinski definition) is 0. The van der Waals surface area contributed by atoms with Crippen LogP contribution in [0.2, 0.25) is 0 Å². The molecule has 0 N–H and O–H groups in total. The molecular formula is C37H32FN3O5. The first-order valence-electron chi connectivity index (χ1n) is 14.5. The number of anilines is 1. The van der Waals surface area contributed by atoms with Gasteiger partial charge in [0.15, 0.2) is 11.5 Å². The molecule has 3 aromatic carbocycles. The van der Waals surface area contributed by atoms with Crippen molar-refractivity contribution in [1.29, 1.82) is 0 Å². The van der Waals surface area contributed by atoms with E-state index in [4.69, 9.17) is 13.6 Å². The lowest BCUT2D eigenvalue weighted by atomic mass is 10.1. The van der Waals surface area contributed by atoms with Crippen LogP contribution >= 0.6 is 0 Å². The Morgan fingerprint density at radius 1 is 0.674 bits per heavy atom. The number of pyridine rings is 1. The van der Waals surface area contributed by atoms with Crippen LogP contribution in [0, 0.1) is 5.82 Å². The molecule has 8 nitrogen and oxygen atoms in total. The Labute approximate surface area is 266 Å². The zero-order valence-corrected chi connectivity index (χ0v) is 25.2. The molecule has 0 saturated carbocycles. The third-order valence-electron chi connectivity index (χ3n) is 6.93. The van der Waals surface area contributed by atoms with Crippen molar-refractivity contribution < 1.29 is 27.6 Å². The van der Waals surface area contributed by atoms with Crippen molar-refractivity contribution in [1.82, 2.24) is 9.88 Å². The Morgan fingerprint density at radius 2 is 1.30 bits per heavy atom. The lowest BCUT2D eigenvalue weighted by molar-refractivity contribution is 0.0695. The van der Waals surface area contributed by atoms with Crippen molar-refractivity contribution in [3.63, 3.8) is 0 Å². The molecule has 6 aromatic rings. The molecule has 0 radical (unpaired) electrons. The number of aromatic nitrogens is 1. The van der Waals surface area contributed by atoms with Crippen molar-refractivity contribution in [2.75, 3.05) is 12.0 Å². The Kier molecular flexibility index (Phi) is 10.7. The Hall–Kier alpha value is -5.96. The number of furan rings is 2. The van der Waals surface area contributed by atoms with Crippen LogP contribution in [-0.2, 0) is 19.6 Å². The highest BCUT2D eigenvalue weighted by atomic mass is 19.1. The van der Waals surface area contributed by atoms with Crippen LogP contribution in [0.5, 0.6) is 5.75 Å². The highest BCUT2D eigenvalue weighted by molar-refractivity contribution is 6.04. The third kappa shape index (κ3) is 8.57. The van der Waals surface area contributed by atoms with Gasteiger partial charge in [-0.2, -0.15) is 0 Å². The number of rotatable bonds is 10. The molecule has 2 amide bonds. The highest BCUT2D eigenvalue weighted by Crippen LogP contribution is 2.24. The molecule has 0 atom stereocenters. The molecular weight excluding hydrogens is 585 g/mol. The van der Waals surface area contributed by atoms with E-state index in [-0.39, 0.29) is 23.4 Å². The monoisotopic (exact) mass is 617 g/mol. The number of ether oxygens (including phenoxy) is 1. The standard InChI is InChI=1S/C19H16FNO3.C18H16N2O2/c1-23-17-10-8-16(9-11-17)21(19(22)18-3-2-12-24-18)13-14-4-6-15(20)7-5-14;21-18(17-10-6-12-22-17)20(13-15-7-2-1-3-8-15)14-16-9-4-5-11-19-16/h2-12H,13H2,1H3;1-12H,13-14H2. The molecule has 46 heavy (non-hydrogen) atoms. The number of carbonyl (C=O) groups is 2. The second-order valence-electron chi connectivity index (χ2n) is 10.1. The van der Waals surface area contributed by atoms with Crippen LogP contribution in [0.15, 0.2) is 149 Å². The predicted octanol–water partition coefficient (Wildman–Crippen LogP) is 7.79. The summed E-state index contributed by atoms with van der Waals surface area (Å²) in [5, 5.41) is 0. The van der Waals surface area contributed by atoms with Gasteiger partial charge in [0.05, 0.1) is 38.4 Å². The lowest BCUT2D eigenvalue weighted by Gasteiger charge is -2.22. The SMILES string of the molecule is COc1ccc(N(Cc2ccc(F)cc2)C(=O)c2ccco2)cc1.O=C(c1ccco1)N(Cc1ccccc1)Cc1ccccn1. The summed E-state index contributed by atoms with van der Waals surface area (Å²) >= 11 is 0. The average molecular weight is 618 g/mol. The van der Waals surface area contributed by atoms with E-state index < -0.39 is 0 Å². The van der Waals surface area contributed by atoms with Gasteiger partial charge in [0.2, 0.25) is 0 Å². The topological polar surface area (TPSA) is 89.0 Å². The minimum atomic E-state index is -0.313. The summed E-state index contributed by atoms with van der Waals surface area (Å²) in [5.41, 5.74) is 3.42. The molecule has 0 bridgehead atoms. The van der Waals surface area contributed by atoms with Gasteiger partial charge in [0, 0.05) is 18.4 Å². The maximum atomic E-state index is 13.1. The smallest absolute Gasteiger partial charge is 0.294 e. The Bertz CT molecular complexity index is 1730. The van der Waals surface area contributed by atoms with Gasteiger partial charge >= 0.3 is 0 Å². The summed E-state index contributed by atoms with van der Waals surface area (Å²) in [6.07, 6.45) is 4.69. The van der Waals surface area contributed by atoms with Gasteiger partial charge < -0.3 is 23.4 Å². The van der Waals surface area contributed by atoms with Crippen molar-refractivity contribution in [3.8, 4) is 5.75 Å². The van der Waals surface area contributed by atoms with E-state index in [9.17, 15) is 14.0 Å². The molecule has 232 valence electrons. The number of methoxy groups -OCH3 is 1. The van der Waals surface area contributed by atoms with Crippen LogP contribution in [0.1, 0.15) is 37.9 Å². The first-order chi connectivity index (χ1) is 22.5. The summed E-state index contributed by atoms with van der Waals surface area (Å²) in [6.45, 7) is 1.25. The minimum absolute atomic E-state index is 0.139. The molecule has 6 rings (SSSR count). The molecule has 3 aromatic heterocycles. The van der Waals surface area contributed by atoms with Crippen LogP contribution in [0.25, 0.3) is 0 Å². The first kappa shape index (κ1) is 31.5. The van der Waals surface area contributed by atoms with E-state index >= 15 is 0 Å². The molecule has 0 aliphatic rings. The zero-order valence-electron chi connectivity index (χ0n) is 25.2.